The number of nitrogens with one attached hydrogen (secondary N) is 1. The van der Waals surface area contributed by atoms with Crippen molar-refractivity contribution >= 4 is 27.4 Å². The fourth-order valence-electron chi connectivity index (χ4n) is 2.39. The number of nitro groups is 1. The molecule has 0 bridgehead atoms. The van der Waals surface area contributed by atoms with E-state index in [1.165, 1.54) is 6.07 Å². The summed E-state index contributed by atoms with van der Waals surface area (Å²) in [6.45, 7) is 1.96. The number of anilines is 1. The van der Waals surface area contributed by atoms with Crippen LogP contribution < -0.4 is 10.2 Å². The van der Waals surface area contributed by atoms with Crippen LogP contribution in [-0.2, 0) is 0 Å². The topological polar surface area (TPSA) is 71.3 Å². The van der Waals surface area contributed by atoms with Crippen molar-refractivity contribution in [2.24, 2.45) is 0 Å². The van der Waals surface area contributed by atoms with E-state index < -0.39 is 0 Å². The molecule has 6 nitrogen and oxygen atoms in total. The van der Waals surface area contributed by atoms with Crippen LogP contribution in [0.2, 0.25) is 0 Å². The lowest BCUT2D eigenvalue weighted by molar-refractivity contribution is -0.384. The van der Waals surface area contributed by atoms with Crippen LogP contribution in [0.15, 0.2) is 16.7 Å². The Labute approximate surface area is 120 Å². The maximum atomic E-state index is 11.1. The van der Waals surface area contributed by atoms with E-state index in [2.05, 4.69) is 26.2 Å². The van der Waals surface area contributed by atoms with Crippen LogP contribution >= 0.6 is 15.9 Å². The smallest absolute Gasteiger partial charge is 0.312 e. The molecule has 2 rings (SSSR count). The average Bonchev–Trinajstić information content (AvgIpc) is 2.66. The zero-order chi connectivity index (χ0) is 13.8. The lowest BCUT2D eigenvalue weighted by atomic mass is 10.1. The number of halogens is 1. The van der Waals surface area contributed by atoms with E-state index in [1.807, 2.05) is 11.9 Å². The zero-order valence-electron chi connectivity index (χ0n) is 10.8. The molecule has 0 spiro atoms. The summed E-state index contributed by atoms with van der Waals surface area (Å²) in [6.07, 6.45) is 4.69. The fraction of sp³-hybridized carbons (Fsp3) is 0.583. The van der Waals surface area contributed by atoms with Gasteiger partial charge in [-0.2, -0.15) is 0 Å². The number of hydrogen-bond donors (Lipinski definition) is 1. The van der Waals surface area contributed by atoms with Gasteiger partial charge in [0.15, 0.2) is 0 Å². The van der Waals surface area contributed by atoms with Crippen LogP contribution in [0.5, 0.6) is 0 Å². The first kappa shape index (κ1) is 14.2. The molecule has 7 heteroatoms. The average molecular weight is 329 g/mol. The van der Waals surface area contributed by atoms with Crippen molar-refractivity contribution in [2.45, 2.75) is 25.3 Å². The highest BCUT2D eigenvalue weighted by Gasteiger charge is 2.25. The van der Waals surface area contributed by atoms with Gasteiger partial charge < -0.3 is 10.2 Å². The molecule has 104 valence electrons. The van der Waals surface area contributed by atoms with Crippen molar-refractivity contribution in [1.82, 2.24) is 10.3 Å². The Balaban J connectivity index is 2.26. The summed E-state index contributed by atoms with van der Waals surface area (Å²) in [5.74, 6) is 0.445. The van der Waals surface area contributed by atoms with Gasteiger partial charge in [0.25, 0.3) is 0 Å². The minimum absolute atomic E-state index is 0.0501. The number of rotatable bonds is 3. The van der Waals surface area contributed by atoms with Crippen molar-refractivity contribution in [2.75, 3.05) is 25.0 Å². The third-order valence-electron chi connectivity index (χ3n) is 3.44. The first-order chi connectivity index (χ1) is 9.09. The molecule has 1 fully saturated rings. The molecule has 0 amide bonds. The summed E-state index contributed by atoms with van der Waals surface area (Å²) in [5.41, 5.74) is 0.0501. The Hall–Kier alpha value is -1.21. The van der Waals surface area contributed by atoms with Gasteiger partial charge in [-0.05, 0) is 48.3 Å². The number of pyridine rings is 1. The Morgan fingerprint density at radius 3 is 3.05 bits per heavy atom. The van der Waals surface area contributed by atoms with E-state index in [1.54, 1.807) is 6.20 Å². The van der Waals surface area contributed by atoms with Gasteiger partial charge >= 0.3 is 5.69 Å². The molecule has 2 heterocycles. The fourth-order valence-corrected chi connectivity index (χ4v) is 2.71. The molecule has 1 unspecified atom stereocenters. The Bertz CT molecular complexity index is 461. The monoisotopic (exact) mass is 328 g/mol. The molecular weight excluding hydrogens is 312 g/mol. The molecule has 1 aliphatic heterocycles. The maximum absolute atomic E-state index is 11.1. The quantitative estimate of drug-likeness (QED) is 0.681. The second-order valence-electron chi connectivity index (χ2n) is 4.70. The molecule has 0 aromatic carbocycles. The highest BCUT2D eigenvalue weighted by molar-refractivity contribution is 9.10. The summed E-state index contributed by atoms with van der Waals surface area (Å²) >= 11 is 3.23. The number of hydrogen-bond acceptors (Lipinski definition) is 5. The maximum Gasteiger partial charge on any atom is 0.312 e. The zero-order valence-corrected chi connectivity index (χ0v) is 12.4. The van der Waals surface area contributed by atoms with Crippen LogP contribution in [0.4, 0.5) is 11.5 Å². The molecule has 1 N–H and O–H groups in total. The molecule has 1 saturated heterocycles. The third kappa shape index (κ3) is 3.42. The third-order valence-corrected chi connectivity index (χ3v) is 3.87. The molecule has 0 radical (unpaired) electrons. The van der Waals surface area contributed by atoms with Gasteiger partial charge in [-0.25, -0.2) is 4.98 Å². The van der Waals surface area contributed by atoms with Gasteiger partial charge in [0.05, 0.1) is 4.92 Å². The van der Waals surface area contributed by atoms with Crippen LogP contribution in [0, 0.1) is 10.1 Å². The summed E-state index contributed by atoms with van der Waals surface area (Å²) in [4.78, 5) is 16.9. The second kappa shape index (κ2) is 6.29. The van der Waals surface area contributed by atoms with Crippen molar-refractivity contribution in [3.63, 3.8) is 0 Å². The first-order valence-electron chi connectivity index (χ1n) is 6.33. The van der Waals surface area contributed by atoms with Crippen LogP contribution in [-0.4, -0.2) is 36.1 Å². The second-order valence-corrected chi connectivity index (χ2v) is 5.61. The number of nitrogens with zero attached hydrogens (tertiary/aromatic N) is 3. The Morgan fingerprint density at radius 2 is 2.32 bits per heavy atom. The van der Waals surface area contributed by atoms with Gasteiger partial charge in [-0.3, -0.25) is 10.1 Å². The predicted octanol–water partition coefficient (Wildman–Crippen LogP) is 2.33. The lowest BCUT2D eigenvalue weighted by Crippen LogP contribution is -2.33. The predicted molar refractivity (Wildman–Crippen MR) is 77.5 cm³/mol. The molecule has 19 heavy (non-hydrogen) atoms. The molecule has 1 atom stereocenters. The van der Waals surface area contributed by atoms with Gasteiger partial charge in [-0.15, -0.1) is 0 Å². The normalized spacial score (nSPS) is 19.8. The highest BCUT2D eigenvalue weighted by Crippen LogP contribution is 2.30. The largest absolute Gasteiger partial charge is 0.351 e. The summed E-state index contributed by atoms with van der Waals surface area (Å²) in [7, 11) is 1.89. The summed E-state index contributed by atoms with van der Waals surface area (Å²) < 4.78 is 0.624. The van der Waals surface area contributed by atoms with Gasteiger partial charge in [0.1, 0.15) is 0 Å². The molecule has 1 aliphatic rings. The SMILES string of the molecule is CN(c1ncc(Br)cc1[N+](=O)[O-])C1CCCNCC1. The van der Waals surface area contributed by atoms with E-state index in [0.717, 1.165) is 32.4 Å². The number of aromatic nitrogens is 1. The lowest BCUT2D eigenvalue weighted by Gasteiger charge is -2.27. The van der Waals surface area contributed by atoms with E-state index >= 15 is 0 Å². The van der Waals surface area contributed by atoms with Gasteiger partial charge in [0.2, 0.25) is 5.82 Å². The minimum atomic E-state index is -0.376. The van der Waals surface area contributed by atoms with Crippen LogP contribution in [0.25, 0.3) is 0 Å². The van der Waals surface area contributed by atoms with Crippen molar-refractivity contribution in [3.8, 4) is 0 Å². The van der Waals surface area contributed by atoms with Crippen LogP contribution in [0.1, 0.15) is 19.3 Å². The molecular formula is C12H17BrN4O2. The first-order valence-corrected chi connectivity index (χ1v) is 7.12. The van der Waals surface area contributed by atoms with Gasteiger partial charge in [-0.1, -0.05) is 0 Å². The standard InChI is InChI=1S/C12H17BrN4O2/c1-16(10-3-2-5-14-6-4-10)12-11(17(18)19)7-9(13)8-15-12/h7-8,10,14H,2-6H2,1H3. The molecule has 0 aliphatic carbocycles. The van der Waals surface area contributed by atoms with Crippen molar-refractivity contribution in [1.29, 1.82) is 0 Å². The minimum Gasteiger partial charge on any atom is -0.351 e. The van der Waals surface area contributed by atoms with Crippen molar-refractivity contribution < 1.29 is 4.92 Å². The molecule has 1 aromatic heterocycles. The van der Waals surface area contributed by atoms with Gasteiger partial charge in [0, 0.05) is 29.8 Å². The van der Waals surface area contributed by atoms with E-state index in [4.69, 9.17) is 0 Å². The Kier molecular flexibility index (Phi) is 4.71. The molecule has 1 aromatic rings. The summed E-state index contributed by atoms with van der Waals surface area (Å²) in [6, 6.07) is 1.80. The van der Waals surface area contributed by atoms with E-state index in [-0.39, 0.29) is 10.6 Å². The van der Waals surface area contributed by atoms with Crippen molar-refractivity contribution in [3.05, 3.63) is 26.9 Å². The van der Waals surface area contributed by atoms with E-state index in [0.29, 0.717) is 16.3 Å². The summed E-state index contributed by atoms with van der Waals surface area (Å²) in [5, 5.41) is 14.5. The van der Waals surface area contributed by atoms with Crippen LogP contribution in [0.3, 0.4) is 0 Å². The highest BCUT2D eigenvalue weighted by atomic mass is 79.9. The van der Waals surface area contributed by atoms with E-state index in [9.17, 15) is 10.1 Å². The Morgan fingerprint density at radius 1 is 1.53 bits per heavy atom. The molecule has 0 saturated carbocycles.